The second-order valence-corrected chi connectivity index (χ2v) is 6.91. The first kappa shape index (κ1) is 17.3. The van der Waals surface area contributed by atoms with Crippen molar-refractivity contribution in [2.45, 2.75) is 26.8 Å². The smallest absolute Gasteiger partial charge is 0.317 e. The number of carbonyl (C=O) groups excluding carboxylic acids is 1. The van der Waals surface area contributed by atoms with Crippen molar-refractivity contribution in [2.75, 3.05) is 13.1 Å². The van der Waals surface area contributed by atoms with Gasteiger partial charge in [-0.15, -0.1) is 0 Å². The molecule has 5 nitrogen and oxygen atoms in total. The van der Waals surface area contributed by atoms with Crippen molar-refractivity contribution >= 4 is 22.4 Å². The molecule has 5 heteroatoms. The molecule has 4 rings (SSSR count). The molecule has 0 fully saturated rings. The van der Waals surface area contributed by atoms with E-state index < -0.39 is 0 Å². The van der Waals surface area contributed by atoms with Gasteiger partial charge in [-0.05, 0) is 42.2 Å². The molecule has 27 heavy (non-hydrogen) atoms. The Hall–Kier alpha value is -3.08. The summed E-state index contributed by atoms with van der Waals surface area (Å²) < 4.78 is 5.15. The van der Waals surface area contributed by atoms with Gasteiger partial charge in [0.2, 0.25) is 0 Å². The summed E-state index contributed by atoms with van der Waals surface area (Å²) in [5, 5.41) is 9.42. The number of nitrogens with zero attached hydrogens (tertiary/aromatic N) is 2. The third-order valence-electron chi connectivity index (χ3n) is 5.23. The Balaban J connectivity index is 1.44. The molecule has 0 unspecified atom stereocenters. The van der Waals surface area contributed by atoms with Crippen LogP contribution >= 0.6 is 0 Å². The Labute approximate surface area is 158 Å². The first-order valence-corrected chi connectivity index (χ1v) is 9.25. The number of aryl methyl sites for hydroxylation is 2. The predicted molar refractivity (Wildman–Crippen MR) is 106 cm³/mol. The van der Waals surface area contributed by atoms with Crippen LogP contribution in [0.3, 0.4) is 0 Å². The van der Waals surface area contributed by atoms with E-state index in [0.717, 1.165) is 23.4 Å². The summed E-state index contributed by atoms with van der Waals surface area (Å²) in [5.74, 6) is 0.754. The molecule has 0 bridgehead atoms. The average molecular weight is 361 g/mol. The fraction of sp³-hybridized carbons (Fsp3) is 0.273. The summed E-state index contributed by atoms with van der Waals surface area (Å²) >= 11 is 0. The number of carbonyl (C=O) groups is 1. The number of aromatic nitrogens is 1. The molecular formula is C22H23N3O2. The molecule has 3 aromatic rings. The van der Waals surface area contributed by atoms with E-state index in [4.69, 9.17) is 4.52 Å². The van der Waals surface area contributed by atoms with E-state index in [-0.39, 0.29) is 6.03 Å². The number of hydrogen-bond acceptors (Lipinski definition) is 3. The number of hydrogen-bond donors (Lipinski definition) is 1. The quantitative estimate of drug-likeness (QED) is 0.750. The van der Waals surface area contributed by atoms with Crippen LogP contribution in [0.1, 0.15) is 29.0 Å². The minimum atomic E-state index is -0.0526. The van der Waals surface area contributed by atoms with E-state index in [9.17, 15) is 4.79 Å². The van der Waals surface area contributed by atoms with Gasteiger partial charge in [0.05, 0.1) is 5.69 Å². The van der Waals surface area contributed by atoms with Crippen molar-refractivity contribution in [3.05, 3.63) is 71.1 Å². The number of rotatable bonds is 3. The van der Waals surface area contributed by atoms with Gasteiger partial charge < -0.3 is 14.7 Å². The molecule has 0 atom stereocenters. The first-order valence-electron chi connectivity index (χ1n) is 9.25. The van der Waals surface area contributed by atoms with Crippen LogP contribution in [-0.4, -0.2) is 29.2 Å². The molecule has 1 aromatic heterocycles. The van der Waals surface area contributed by atoms with Gasteiger partial charge in [0.25, 0.3) is 0 Å². The third kappa shape index (κ3) is 3.45. The maximum Gasteiger partial charge on any atom is 0.317 e. The lowest BCUT2D eigenvalue weighted by molar-refractivity contribution is 0.202. The van der Waals surface area contributed by atoms with E-state index in [1.165, 1.54) is 21.9 Å². The highest BCUT2D eigenvalue weighted by atomic mass is 16.5. The second kappa shape index (κ2) is 7.27. The van der Waals surface area contributed by atoms with Crippen molar-refractivity contribution in [1.29, 1.82) is 0 Å². The van der Waals surface area contributed by atoms with Crippen molar-refractivity contribution in [2.24, 2.45) is 0 Å². The Morgan fingerprint density at radius 1 is 1.19 bits per heavy atom. The van der Waals surface area contributed by atoms with Crippen molar-refractivity contribution in [1.82, 2.24) is 15.4 Å². The highest BCUT2D eigenvalue weighted by Crippen LogP contribution is 2.29. The van der Waals surface area contributed by atoms with Gasteiger partial charge in [0.1, 0.15) is 5.76 Å². The molecule has 2 aromatic carbocycles. The topological polar surface area (TPSA) is 58.4 Å². The molecule has 0 aliphatic carbocycles. The maximum absolute atomic E-state index is 12.5. The summed E-state index contributed by atoms with van der Waals surface area (Å²) in [6, 6.07) is 14.8. The van der Waals surface area contributed by atoms with E-state index in [1.807, 2.05) is 18.7 Å². The third-order valence-corrected chi connectivity index (χ3v) is 5.23. The Kier molecular flexibility index (Phi) is 4.67. The van der Waals surface area contributed by atoms with E-state index in [2.05, 4.69) is 59.0 Å². The van der Waals surface area contributed by atoms with Crippen LogP contribution < -0.4 is 5.32 Å². The van der Waals surface area contributed by atoms with Crippen molar-refractivity contribution < 1.29 is 9.32 Å². The zero-order valence-electron chi connectivity index (χ0n) is 15.7. The maximum atomic E-state index is 12.5. The molecule has 1 aliphatic heterocycles. The van der Waals surface area contributed by atoms with E-state index in [0.29, 0.717) is 19.6 Å². The molecule has 0 spiro atoms. The van der Waals surface area contributed by atoms with Crippen LogP contribution in [0.25, 0.3) is 16.3 Å². The predicted octanol–water partition coefficient (Wildman–Crippen LogP) is 4.44. The molecule has 1 N–H and O–H groups in total. The minimum absolute atomic E-state index is 0.0526. The number of benzene rings is 2. The fourth-order valence-electron chi connectivity index (χ4n) is 3.63. The van der Waals surface area contributed by atoms with Gasteiger partial charge in [0.15, 0.2) is 0 Å². The van der Waals surface area contributed by atoms with Crippen molar-refractivity contribution in [3.63, 3.8) is 0 Å². The van der Waals surface area contributed by atoms with Crippen LogP contribution in [0, 0.1) is 13.8 Å². The molecule has 2 heterocycles. The average Bonchev–Trinajstić information content (AvgIpc) is 3.03. The monoisotopic (exact) mass is 361 g/mol. The Bertz CT molecular complexity index is 995. The lowest BCUT2D eigenvalue weighted by Crippen LogP contribution is -2.41. The summed E-state index contributed by atoms with van der Waals surface area (Å²) in [5.41, 5.74) is 4.35. The van der Waals surface area contributed by atoms with Crippen LogP contribution in [0.5, 0.6) is 0 Å². The fourth-order valence-corrected chi connectivity index (χ4v) is 3.63. The number of fused-ring (bicyclic) bond motifs is 1. The summed E-state index contributed by atoms with van der Waals surface area (Å²) in [6.45, 7) is 5.52. The van der Waals surface area contributed by atoms with Crippen LogP contribution in [-0.2, 0) is 6.54 Å². The molecule has 1 aliphatic rings. The lowest BCUT2D eigenvalue weighted by Gasteiger charge is -2.27. The SMILES string of the molecule is Cc1noc(C)c1CNC(=O)N1CC=C(c2cccc3ccccc23)CC1. The standard InChI is InChI=1S/C22H23N3O2/c1-15-21(16(2)27-24-15)14-23-22(26)25-12-10-18(11-13-25)20-9-5-7-17-6-3-4-8-19(17)20/h3-10H,11-14H2,1-2H3,(H,23,26). The normalized spacial score (nSPS) is 14.3. The van der Waals surface area contributed by atoms with Gasteiger partial charge in [-0.25, -0.2) is 4.79 Å². The van der Waals surface area contributed by atoms with Crippen molar-refractivity contribution in [3.8, 4) is 0 Å². The number of urea groups is 1. The highest BCUT2D eigenvalue weighted by molar-refractivity contribution is 5.94. The number of amides is 2. The minimum Gasteiger partial charge on any atom is -0.361 e. The zero-order valence-corrected chi connectivity index (χ0v) is 15.7. The van der Waals surface area contributed by atoms with Gasteiger partial charge >= 0.3 is 6.03 Å². The molecular weight excluding hydrogens is 338 g/mol. The Morgan fingerprint density at radius 3 is 2.74 bits per heavy atom. The molecule has 0 radical (unpaired) electrons. The zero-order chi connectivity index (χ0) is 18.8. The van der Waals surface area contributed by atoms with Gasteiger partial charge in [-0.3, -0.25) is 0 Å². The van der Waals surface area contributed by atoms with Gasteiger partial charge in [-0.1, -0.05) is 53.7 Å². The van der Waals surface area contributed by atoms with Gasteiger partial charge in [0, 0.05) is 25.2 Å². The summed E-state index contributed by atoms with van der Waals surface area (Å²) in [4.78, 5) is 14.3. The molecule has 2 amide bonds. The first-order chi connectivity index (χ1) is 13.1. The largest absolute Gasteiger partial charge is 0.361 e. The van der Waals surface area contributed by atoms with Crippen LogP contribution in [0.4, 0.5) is 4.79 Å². The summed E-state index contributed by atoms with van der Waals surface area (Å²) in [7, 11) is 0. The molecule has 0 saturated carbocycles. The Morgan fingerprint density at radius 2 is 2.00 bits per heavy atom. The molecule has 138 valence electrons. The van der Waals surface area contributed by atoms with E-state index in [1.54, 1.807) is 0 Å². The molecule has 0 saturated heterocycles. The summed E-state index contributed by atoms with van der Waals surface area (Å²) in [6.07, 6.45) is 3.02. The highest BCUT2D eigenvalue weighted by Gasteiger charge is 2.19. The lowest BCUT2D eigenvalue weighted by atomic mass is 9.94. The van der Waals surface area contributed by atoms with E-state index >= 15 is 0 Å². The van der Waals surface area contributed by atoms with Crippen LogP contribution in [0.2, 0.25) is 0 Å². The van der Waals surface area contributed by atoms with Crippen LogP contribution in [0.15, 0.2) is 53.1 Å². The van der Waals surface area contributed by atoms with Gasteiger partial charge in [-0.2, -0.15) is 0 Å². The number of nitrogens with one attached hydrogen (secondary N) is 1. The second-order valence-electron chi connectivity index (χ2n) is 6.91.